The Balaban J connectivity index is 2.45. The first kappa shape index (κ1) is 15.2. The van der Waals surface area contributed by atoms with Gasteiger partial charge in [0.25, 0.3) is 0 Å². The Kier molecular flexibility index (Phi) is 3.53. The van der Waals surface area contributed by atoms with Gasteiger partial charge in [0.1, 0.15) is 0 Å². The number of aromatic nitrogens is 2. The number of hydrogen-bond acceptors (Lipinski definition) is 4. The van der Waals surface area contributed by atoms with Crippen LogP contribution in [0, 0.1) is 6.92 Å². The third-order valence-corrected chi connectivity index (χ3v) is 3.59. The van der Waals surface area contributed by atoms with Crippen molar-refractivity contribution in [3.05, 3.63) is 5.69 Å². The second-order valence-electron chi connectivity index (χ2n) is 7.34. The van der Waals surface area contributed by atoms with Crippen LogP contribution in [0.5, 0.6) is 0 Å². The van der Waals surface area contributed by atoms with Crippen molar-refractivity contribution in [3.63, 3.8) is 0 Å². The number of nitrogens with two attached hydrogens (primary N) is 1. The van der Waals surface area contributed by atoms with Gasteiger partial charge in [-0.25, -0.2) is 4.68 Å². The van der Waals surface area contributed by atoms with Gasteiger partial charge in [-0.1, -0.05) is 0 Å². The van der Waals surface area contributed by atoms with Gasteiger partial charge < -0.3 is 15.4 Å². The fourth-order valence-electron chi connectivity index (χ4n) is 3.16. The zero-order chi connectivity index (χ0) is 15.3. The molecule has 0 atom stereocenters. The average molecular weight is 280 g/mol. The molecular weight excluding hydrogens is 252 g/mol. The van der Waals surface area contributed by atoms with Gasteiger partial charge in [0, 0.05) is 19.1 Å². The predicted octanol–water partition coefficient (Wildman–Crippen LogP) is 2.75. The summed E-state index contributed by atoms with van der Waals surface area (Å²) in [6, 6.07) is 0.287. The van der Waals surface area contributed by atoms with Crippen LogP contribution < -0.4 is 10.6 Å². The number of rotatable bonds is 2. The smallest absolute Gasteiger partial charge is 0.151 e. The van der Waals surface area contributed by atoms with Gasteiger partial charge in [0.15, 0.2) is 5.82 Å². The van der Waals surface area contributed by atoms with Crippen LogP contribution in [-0.4, -0.2) is 34.1 Å². The summed E-state index contributed by atoms with van der Waals surface area (Å²) in [6.45, 7) is 16.4. The summed E-state index contributed by atoms with van der Waals surface area (Å²) < 4.78 is 8.18. The fourth-order valence-corrected chi connectivity index (χ4v) is 3.16. The molecule has 1 aromatic rings. The van der Waals surface area contributed by atoms with E-state index in [2.05, 4.69) is 51.5 Å². The molecule has 1 fully saturated rings. The second-order valence-corrected chi connectivity index (χ2v) is 7.34. The van der Waals surface area contributed by atoms with Crippen LogP contribution in [0.2, 0.25) is 0 Å². The molecule has 2 heterocycles. The van der Waals surface area contributed by atoms with Gasteiger partial charge in [-0.3, -0.25) is 0 Å². The fraction of sp³-hybridized carbons (Fsp3) is 0.800. The molecule has 1 aliphatic rings. The Labute approximate surface area is 122 Å². The van der Waals surface area contributed by atoms with E-state index in [-0.39, 0.29) is 17.2 Å². The minimum Gasteiger partial charge on any atom is -0.394 e. The van der Waals surface area contributed by atoms with E-state index in [0.717, 1.165) is 30.3 Å². The lowest BCUT2D eigenvalue weighted by Gasteiger charge is -2.48. The highest BCUT2D eigenvalue weighted by molar-refractivity contribution is 5.67. The number of anilines is 2. The van der Waals surface area contributed by atoms with Crippen molar-refractivity contribution < 1.29 is 4.74 Å². The number of morpholine rings is 1. The maximum Gasteiger partial charge on any atom is 0.151 e. The lowest BCUT2D eigenvalue weighted by Crippen LogP contribution is -2.57. The molecule has 20 heavy (non-hydrogen) atoms. The van der Waals surface area contributed by atoms with E-state index < -0.39 is 0 Å². The van der Waals surface area contributed by atoms with Crippen molar-refractivity contribution in [1.29, 1.82) is 0 Å². The van der Waals surface area contributed by atoms with E-state index in [1.165, 1.54) is 0 Å². The zero-order valence-electron chi connectivity index (χ0n) is 13.8. The monoisotopic (exact) mass is 280 g/mol. The average Bonchev–Trinajstić information content (AvgIpc) is 2.51. The molecule has 114 valence electrons. The molecule has 0 radical (unpaired) electrons. The molecule has 1 aromatic heterocycles. The Morgan fingerprint density at radius 2 is 1.65 bits per heavy atom. The van der Waals surface area contributed by atoms with E-state index >= 15 is 0 Å². The molecule has 1 saturated heterocycles. The Morgan fingerprint density at radius 3 is 2.10 bits per heavy atom. The van der Waals surface area contributed by atoms with Crippen LogP contribution in [0.3, 0.4) is 0 Å². The molecule has 0 aromatic carbocycles. The molecule has 1 aliphatic heterocycles. The SMILES string of the molecule is Cc1nn(C(C)C)c(N2CC(C)(C)OC(C)(C)C2)c1N. The van der Waals surface area contributed by atoms with Crippen LogP contribution in [0.25, 0.3) is 0 Å². The van der Waals surface area contributed by atoms with Gasteiger partial charge in [-0.15, -0.1) is 0 Å². The van der Waals surface area contributed by atoms with Crippen LogP contribution in [0.15, 0.2) is 0 Å². The molecule has 2 N–H and O–H groups in total. The molecule has 0 aliphatic carbocycles. The highest BCUT2D eigenvalue weighted by atomic mass is 16.5. The van der Waals surface area contributed by atoms with Gasteiger partial charge in [0.2, 0.25) is 0 Å². The van der Waals surface area contributed by atoms with Gasteiger partial charge in [0.05, 0.1) is 22.6 Å². The van der Waals surface area contributed by atoms with Crippen molar-refractivity contribution in [2.75, 3.05) is 23.7 Å². The van der Waals surface area contributed by atoms with Gasteiger partial charge >= 0.3 is 0 Å². The Morgan fingerprint density at radius 1 is 1.15 bits per heavy atom. The Hall–Kier alpha value is -1.23. The van der Waals surface area contributed by atoms with Crippen molar-refractivity contribution in [1.82, 2.24) is 9.78 Å². The largest absolute Gasteiger partial charge is 0.394 e. The van der Waals surface area contributed by atoms with Crippen molar-refractivity contribution >= 4 is 11.5 Å². The molecule has 0 spiro atoms. The van der Waals surface area contributed by atoms with Crippen LogP contribution in [-0.2, 0) is 4.74 Å². The van der Waals surface area contributed by atoms with Crippen LogP contribution in [0.1, 0.15) is 53.3 Å². The first-order chi connectivity index (χ1) is 9.02. The number of nitrogens with zero attached hydrogens (tertiary/aromatic N) is 3. The molecule has 2 rings (SSSR count). The summed E-state index contributed by atoms with van der Waals surface area (Å²) in [4.78, 5) is 2.32. The standard InChI is InChI=1S/C15H28N4O/c1-10(2)19-13(12(16)11(3)17-19)18-8-14(4,5)20-15(6,7)9-18/h10H,8-9,16H2,1-7H3. The summed E-state index contributed by atoms with van der Waals surface area (Å²) in [7, 11) is 0. The third-order valence-electron chi connectivity index (χ3n) is 3.59. The summed E-state index contributed by atoms with van der Waals surface area (Å²) in [5, 5.41) is 4.59. The minimum atomic E-state index is -0.200. The maximum atomic E-state index is 6.28. The summed E-state index contributed by atoms with van der Waals surface area (Å²) in [5.41, 5.74) is 7.57. The summed E-state index contributed by atoms with van der Waals surface area (Å²) in [5.74, 6) is 1.03. The van der Waals surface area contributed by atoms with E-state index in [1.54, 1.807) is 0 Å². The van der Waals surface area contributed by atoms with Crippen molar-refractivity contribution in [2.24, 2.45) is 0 Å². The van der Waals surface area contributed by atoms with E-state index in [1.807, 2.05) is 11.6 Å². The number of aryl methyl sites for hydroxylation is 1. The number of hydrogen-bond donors (Lipinski definition) is 1. The normalized spacial score (nSPS) is 21.5. The molecule has 0 unspecified atom stereocenters. The number of ether oxygens (including phenoxy) is 1. The minimum absolute atomic E-state index is 0.200. The van der Waals surface area contributed by atoms with E-state index in [4.69, 9.17) is 10.5 Å². The lowest BCUT2D eigenvalue weighted by molar-refractivity contribution is -0.133. The molecule has 0 amide bonds. The molecular formula is C15H28N4O. The maximum absolute atomic E-state index is 6.28. The van der Waals surface area contributed by atoms with Gasteiger partial charge in [-0.05, 0) is 48.5 Å². The summed E-state index contributed by atoms with van der Waals surface area (Å²) >= 11 is 0. The molecule has 0 bridgehead atoms. The molecule has 5 heteroatoms. The number of nitrogen functional groups attached to an aromatic ring is 1. The quantitative estimate of drug-likeness (QED) is 0.905. The predicted molar refractivity (Wildman–Crippen MR) is 83.2 cm³/mol. The Bertz CT molecular complexity index is 486. The van der Waals surface area contributed by atoms with Gasteiger partial charge in [-0.2, -0.15) is 5.10 Å². The van der Waals surface area contributed by atoms with Crippen molar-refractivity contribution in [3.8, 4) is 0 Å². The topological polar surface area (TPSA) is 56.3 Å². The summed E-state index contributed by atoms with van der Waals surface area (Å²) in [6.07, 6.45) is 0. The first-order valence-corrected chi connectivity index (χ1v) is 7.32. The van der Waals surface area contributed by atoms with Crippen LogP contribution >= 0.6 is 0 Å². The van der Waals surface area contributed by atoms with E-state index in [9.17, 15) is 0 Å². The zero-order valence-corrected chi connectivity index (χ0v) is 13.8. The first-order valence-electron chi connectivity index (χ1n) is 7.32. The highest BCUT2D eigenvalue weighted by Gasteiger charge is 2.40. The van der Waals surface area contributed by atoms with Crippen LogP contribution in [0.4, 0.5) is 11.5 Å². The second kappa shape index (κ2) is 4.65. The van der Waals surface area contributed by atoms with Crippen molar-refractivity contribution in [2.45, 2.75) is 65.7 Å². The molecule has 0 saturated carbocycles. The third kappa shape index (κ3) is 2.77. The highest BCUT2D eigenvalue weighted by Crippen LogP contribution is 2.36. The molecule has 5 nitrogen and oxygen atoms in total. The van der Waals surface area contributed by atoms with E-state index in [0.29, 0.717) is 0 Å². The lowest BCUT2D eigenvalue weighted by atomic mass is 9.99.